The summed E-state index contributed by atoms with van der Waals surface area (Å²) in [5.41, 5.74) is 6.90. The monoisotopic (exact) mass is 334 g/mol. The summed E-state index contributed by atoms with van der Waals surface area (Å²) in [6.07, 6.45) is 4.71. The molecule has 1 amide bonds. The Hall–Kier alpha value is -1.75. The van der Waals surface area contributed by atoms with Crippen LogP contribution in [0.2, 0.25) is 0 Å². The molecular weight excluding hydrogens is 304 g/mol. The lowest BCUT2D eigenvalue weighted by atomic mass is 10.0. The number of hydrogen-bond donors (Lipinski definition) is 2. The fourth-order valence-electron chi connectivity index (χ4n) is 3.07. The van der Waals surface area contributed by atoms with Gasteiger partial charge in [-0.05, 0) is 50.3 Å². The van der Waals surface area contributed by atoms with E-state index in [-0.39, 0.29) is 23.9 Å². The molecule has 1 saturated carbocycles. The first-order valence-corrected chi connectivity index (χ1v) is 8.91. The predicted octanol–water partition coefficient (Wildman–Crippen LogP) is 3.18. The Kier molecular flexibility index (Phi) is 6.91. The number of nitrogens with one attached hydrogen (secondary N) is 1. The van der Waals surface area contributed by atoms with Gasteiger partial charge in [0.05, 0.1) is 19.8 Å². The number of benzene rings is 1. The molecule has 0 heterocycles. The molecule has 0 saturated heterocycles. The fraction of sp³-hybridized carbons (Fsp3) is 0.632. The molecule has 1 aliphatic carbocycles. The molecule has 5 nitrogen and oxygen atoms in total. The van der Waals surface area contributed by atoms with Gasteiger partial charge in [0.15, 0.2) is 11.5 Å². The molecule has 0 bridgehead atoms. The topological polar surface area (TPSA) is 73.6 Å². The quantitative estimate of drug-likeness (QED) is 0.716. The summed E-state index contributed by atoms with van der Waals surface area (Å²) in [7, 11) is 1.63. The number of unbranched alkanes of at least 4 members (excludes halogenated alkanes) is 1. The third-order valence-electron chi connectivity index (χ3n) is 4.65. The van der Waals surface area contributed by atoms with Crippen LogP contribution < -0.4 is 20.5 Å². The highest BCUT2D eigenvalue weighted by molar-refractivity contribution is 5.79. The summed E-state index contributed by atoms with van der Waals surface area (Å²) in [5, 5.41) is 3.09. The minimum atomic E-state index is -0.0760. The van der Waals surface area contributed by atoms with Gasteiger partial charge in [0, 0.05) is 12.0 Å². The number of amides is 1. The molecule has 1 fully saturated rings. The molecule has 5 heteroatoms. The molecule has 1 aliphatic rings. The Morgan fingerprint density at radius 1 is 1.38 bits per heavy atom. The van der Waals surface area contributed by atoms with Gasteiger partial charge < -0.3 is 20.5 Å². The number of hydrogen-bond acceptors (Lipinski definition) is 4. The van der Waals surface area contributed by atoms with Crippen LogP contribution in [-0.2, 0) is 4.79 Å². The highest BCUT2D eigenvalue weighted by Gasteiger charge is 2.28. The number of carbonyl (C=O) groups excluding carboxylic acids is 1. The highest BCUT2D eigenvalue weighted by Crippen LogP contribution is 2.31. The second-order valence-electron chi connectivity index (χ2n) is 6.61. The average Bonchev–Trinajstić information content (AvgIpc) is 3.01. The molecule has 0 radical (unpaired) electrons. The van der Waals surface area contributed by atoms with Gasteiger partial charge in [-0.1, -0.05) is 19.4 Å². The van der Waals surface area contributed by atoms with Gasteiger partial charge in [-0.25, -0.2) is 0 Å². The van der Waals surface area contributed by atoms with Crippen molar-refractivity contribution in [3.05, 3.63) is 23.8 Å². The van der Waals surface area contributed by atoms with Crippen molar-refractivity contribution in [1.82, 2.24) is 5.32 Å². The van der Waals surface area contributed by atoms with E-state index in [1.165, 1.54) is 0 Å². The van der Waals surface area contributed by atoms with Gasteiger partial charge in [-0.3, -0.25) is 4.79 Å². The largest absolute Gasteiger partial charge is 0.493 e. The molecule has 0 aromatic heterocycles. The summed E-state index contributed by atoms with van der Waals surface area (Å²) < 4.78 is 11.2. The molecule has 134 valence electrons. The highest BCUT2D eigenvalue weighted by atomic mass is 16.5. The van der Waals surface area contributed by atoms with E-state index < -0.39 is 0 Å². The van der Waals surface area contributed by atoms with E-state index in [1.807, 2.05) is 25.1 Å². The van der Waals surface area contributed by atoms with E-state index in [0.29, 0.717) is 12.4 Å². The van der Waals surface area contributed by atoms with Crippen molar-refractivity contribution in [3.8, 4) is 11.5 Å². The van der Waals surface area contributed by atoms with Crippen LogP contribution in [-0.4, -0.2) is 25.7 Å². The van der Waals surface area contributed by atoms with Crippen molar-refractivity contribution in [1.29, 1.82) is 0 Å². The SMILES string of the molecule is CCCCOc1ccc(C(C)NC(=O)C2CCC(N)C2)cc1OC. The van der Waals surface area contributed by atoms with E-state index in [0.717, 1.165) is 43.4 Å². The van der Waals surface area contributed by atoms with Crippen molar-refractivity contribution in [2.75, 3.05) is 13.7 Å². The Bertz CT molecular complexity index is 547. The summed E-state index contributed by atoms with van der Waals surface area (Å²) in [6.45, 7) is 4.80. The van der Waals surface area contributed by atoms with Crippen LogP contribution in [0.3, 0.4) is 0 Å². The fourth-order valence-corrected chi connectivity index (χ4v) is 3.07. The first-order chi connectivity index (χ1) is 11.5. The van der Waals surface area contributed by atoms with E-state index in [9.17, 15) is 4.79 Å². The number of ether oxygens (including phenoxy) is 2. The molecule has 3 atom stereocenters. The maximum absolute atomic E-state index is 12.3. The standard InChI is InChI=1S/C19H30N2O3/c1-4-5-10-24-17-9-7-14(12-18(17)23-3)13(2)21-19(22)15-6-8-16(20)11-15/h7,9,12-13,15-16H,4-6,8,10-11,20H2,1-3H3,(H,21,22). The lowest BCUT2D eigenvalue weighted by Crippen LogP contribution is -2.32. The summed E-state index contributed by atoms with van der Waals surface area (Å²) >= 11 is 0. The third kappa shape index (κ3) is 4.87. The number of methoxy groups -OCH3 is 1. The first-order valence-electron chi connectivity index (χ1n) is 8.91. The predicted molar refractivity (Wildman–Crippen MR) is 95.3 cm³/mol. The van der Waals surface area contributed by atoms with Crippen LogP contribution in [0.1, 0.15) is 57.6 Å². The van der Waals surface area contributed by atoms with Gasteiger partial charge in [-0.2, -0.15) is 0 Å². The zero-order valence-corrected chi connectivity index (χ0v) is 15.0. The van der Waals surface area contributed by atoms with Crippen LogP contribution in [0, 0.1) is 5.92 Å². The molecular formula is C19H30N2O3. The zero-order chi connectivity index (χ0) is 17.5. The lowest BCUT2D eigenvalue weighted by Gasteiger charge is -2.19. The molecule has 0 aliphatic heterocycles. The summed E-state index contributed by atoms with van der Waals surface area (Å²) in [6, 6.07) is 5.92. The van der Waals surface area contributed by atoms with Gasteiger partial charge in [0.25, 0.3) is 0 Å². The molecule has 1 aromatic carbocycles. The van der Waals surface area contributed by atoms with Crippen molar-refractivity contribution in [2.24, 2.45) is 11.7 Å². The van der Waals surface area contributed by atoms with Crippen molar-refractivity contribution in [2.45, 2.75) is 58.0 Å². The summed E-state index contributed by atoms with van der Waals surface area (Å²) in [4.78, 5) is 12.3. The molecule has 1 aromatic rings. The van der Waals surface area contributed by atoms with E-state index >= 15 is 0 Å². The van der Waals surface area contributed by atoms with Crippen molar-refractivity contribution in [3.63, 3.8) is 0 Å². The molecule has 24 heavy (non-hydrogen) atoms. The maximum Gasteiger partial charge on any atom is 0.223 e. The average molecular weight is 334 g/mol. The second kappa shape index (κ2) is 8.92. The number of nitrogens with two attached hydrogens (primary N) is 1. The van der Waals surface area contributed by atoms with Crippen LogP contribution in [0.25, 0.3) is 0 Å². The normalized spacial score (nSPS) is 21.3. The van der Waals surface area contributed by atoms with Gasteiger partial charge in [0.2, 0.25) is 5.91 Å². The molecule has 2 rings (SSSR count). The molecule has 3 N–H and O–H groups in total. The maximum atomic E-state index is 12.3. The van der Waals surface area contributed by atoms with Crippen LogP contribution >= 0.6 is 0 Å². The van der Waals surface area contributed by atoms with Crippen LogP contribution in [0.5, 0.6) is 11.5 Å². The Morgan fingerprint density at radius 3 is 2.79 bits per heavy atom. The Morgan fingerprint density at radius 2 is 2.17 bits per heavy atom. The van der Waals surface area contributed by atoms with Crippen LogP contribution in [0.15, 0.2) is 18.2 Å². The summed E-state index contributed by atoms with van der Waals surface area (Å²) in [5.74, 6) is 1.58. The van der Waals surface area contributed by atoms with E-state index in [2.05, 4.69) is 12.2 Å². The zero-order valence-electron chi connectivity index (χ0n) is 15.0. The van der Waals surface area contributed by atoms with E-state index in [1.54, 1.807) is 7.11 Å². The Balaban J connectivity index is 1.98. The molecule has 0 spiro atoms. The molecule has 3 unspecified atom stereocenters. The van der Waals surface area contributed by atoms with E-state index in [4.69, 9.17) is 15.2 Å². The van der Waals surface area contributed by atoms with Gasteiger partial charge in [0.1, 0.15) is 0 Å². The second-order valence-corrected chi connectivity index (χ2v) is 6.61. The minimum absolute atomic E-state index is 0.0426. The van der Waals surface area contributed by atoms with Crippen LogP contribution in [0.4, 0.5) is 0 Å². The smallest absolute Gasteiger partial charge is 0.223 e. The first kappa shape index (κ1) is 18.6. The number of carbonyl (C=O) groups is 1. The van der Waals surface area contributed by atoms with Gasteiger partial charge >= 0.3 is 0 Å². The number of rotatable bonds is 8. The third-order valence-corrected chi connectivity index (χ3v) is 4.65. The minimum Gasteiger partial charge on any atom is -0.493 e. The van der Waals surface area contributed by atoms with Crippen molar-refractivity contribution < 1.29 is 14.3 Å². The van der Waals surface area contributed by atoms with Gasteiger partial charge in [-0.15, -0.1) is 0 Å². The Labute approximate surface area is 144 Å². The van der Waals surface area contributed by atoms with Crippen molar-refractivity contribution >= 4 is 5.91 Å². The lowest BCUT2D eigenvalue weighted by molar-refractivity contribution is -0.125.